The molecule has 0 radical (unpaired) electrons. The Labute approximate surface area is 206 Å². The van der Waals surface area contributed by atoms with Crippen LogP contribution in [0.15, 0.2) is 4.99 Å². The van der Waals surface area contributed by atoms with Crippen molar-refractivity contribution in [1.29, 1.82) is 0 Å². The molecule has 0 spiro atoms. The number of nitrogens with zero attached hydrogens (tertiary/aromatic N) is 1. The number of carbonyl (C=O) groups excluding carboxylic acids is 3. The third-order valence-corrected chi connectivity index (χ3v) is 5.76. The van der Waals surface area contributed by atoms with Crippen molar-refractivity contribution in [1.82, 2.24) is 21.3 Å². The van der Waals surface area contributed by atoms with Crippen LogP contribution < -0.4 is 38.5 Å². The van der Waals surface area contributed by atoms with Crippen molar-refractivity contribution < 1.29 is 24.3 Å². The van der Waals surface area contributed by atoms with Gasteiger partial charge in [-0.05, 0) is 64.0 Å². The van der Waals surface area contributed by atoms with Crippen molar-refractivity contribution in [2.75, 3.05) is 19.6 Å². The van der Waals surface area contributed by atoms with Gasteiger partial charge in [-0.2, -0.15) is 0 Å². The van der Waals surface area contributed by atoms with E-state index in [4.69, 9.17) is 17.2 Å². The predicted molar refractivity (Wildman–Crippen MR) is 132 cm³/mol. The zero-order valence-corrected chi connectivity index (χ0v) is 20.7. The fourth-order valence-electron chi connectivity index (χ4n) is 3.75. The Kier molecular flexibility index (Phi) is 13.7. The van der Waals surface area contributed by atoms with Gasteiger partial charge in [0, 0.05) is 6.54 Å². The van der Waals surface area contributed by atoms with Gasteiger partial charge in [-0.25, -0.2) is 4.79 Å². The van der Waals surface area contributed by atoms with Crippen molar-refractivity contribution in [3.05, 3.63) is 0 Å². The number of carbonyl (C=O) groups is 4. The third-order valence-electron chi connectivity index (χ3n) is 5.76. The highest BCUT2D eigenvalue weighted by atomic mass is 16.4. The highest BCUT2D eigenvalue weighted by Crippen LogP contribution is 2.10. The van der Waals surface area contributed by atoms with Crippen LogP contribution in [0.5, 0.6) is 0 Å². The molecule has 4 atom stereocenters. The summed E-state index contributed by atoms with van der Waals surface area (Å²) in [4.78, 5) is 54.1. The number of carboxylic acids is 1. The number of amides is 3. The minimum atomic E-state index is -1.17. The van der Waals surface area contributed by atoms with Crippen LogP contribution >= 0.6 is 0 Å². The number of nitrogens with one attached hydrogen (secondary N) is 4. The summed E-state index contributed by atoms with van der Waals surface area (Å²) >= 11 is 0. The second-order valence-corrected chi connectivity index (χ2v) is 9.07. The van der Waals surface area contributed by atoms with E-state index in [2.05, 4.69) is 26.3 Å². The van der Waals surface area contributed by atoms with Crippen molar-refractivity contribution in [2.24, 2.45) is 28.1 Å². The van der Waals surface area contributed by atoms with Crippen LogP contribution in [-0.4, -0.2) is 78.6 Å². The van der Waals surface area contributed by atoms with Gasteiger partial charge >= 0.3 is 5.97 Å². The lowest BCUT2D eigenvalue weighted by Gasteiger charge is -2.27. The molecule has 4 unspecified atom stereocenters. The normalized spacial score (nSPS) is 17.8. The van der Waals surface area contributed by atoms with Crippen LogP contribution in [0, 0.1) is 5.92 Å². The quantitative estimate of drug-likeness (QED) is 0.0675. The summed E-state index contributed by atoms with van der Waals surface area (Å²) in [6.45, 7) is 4.97. The molecule has 13 nitrogen and oxygen atoms in total. The molecule has 35 heavy (non-hydrogen) atoms. The van der Waals surface area contributed by atoms with Crippen molar-refractivity contribution >= 4 is 29.7 Å². The largest absolute Gasteiger partial charge is 0.480 e. The molecular formula is C22H42N8O5. The van der Waals surface area contributed by atoms with Gasteiger partial charge in [0.15, 0.2) is 5.96 Å². The van der Waals surface area contributed by atoms with E-state index in [0.29, 0.717) is 32.2 Å². The molecule has 0 aromatic heterocycles. The Morgan fingerprint density at radius 1 is 1.00 bits per heavy atom. The van der Waals surface area contributed by atoms with Crippen LogP contribution in [-0.2, 0) is 19.2 Å². The molecule has 3 amide bonds. The maximum absolute atomic E-state index is 13.1. The summed E-state index contributed by atoms with van der Waals surface area (Å²) in [5.41, 5.74) is 16.1. The van der Waals surface area contributed by atoms with Crippen molar-refractivity contribution in [2.45, 2.75) is 83.0 Å². The lowest BCUT2D eigenvalue weighted by Crippen LogP contribution is -2.58. The standard InChI is InChI=1S/C22H42N8O5/c1-13(2)17(30-18(31)14-8-5-11-26-14)20(33)28-15(9-6-12-27-22(24)25)19(32)29-16(21(34)35)7-3-4-10-23/h13-17,26H,3-12,23H2,1-2H3,(H,28,33)(H,29,32)(H,30,31)(H,34,35)(H4,24,25,27). The number of aliphatic imine (C=N–C) groups is 1. The molecule has 1 heterocycles. The van der Waals surface area contributed by atoms with E-state index in [-0.39, 0.29) is 43.2 Å². The van der Waals surface area contributed by atoms with E-state index in [1.807, 2.05) is 0 Å². The number of hydrogen-bond donors (Lipinski definition) is 8. The van der Waals surface area contributed by atoms with Gasteiger partial charge in [0.1, 0.15) is 18.1 Å². The molecule has 0 bridgehead atoms. The molecule has 0 aromatic rings. The van der Waals surface area contributed by atoms with Crippen LogP contribution in [0.3, 0.4) is 0 Å². The van der Waals surface area contributed by atoms with Crippen LogP contribution in [0.25, 0.3) is 0 Å². The summed E-state index contributed by atoms with van der Waals surface area (Å²) in [5.74, 6) is -2.93. The second kappa shape index (κ2) is 15.9. The van der Waals surface area contributed by atoms with Gasteiger partial charge in [0.2, 0.25) is 17.7 Å². The van der Waals surface area contributed by atoms with Crippen LogP contribution in [0.1, 0.15) is 58.8 Å². The van der Waals surface area contributed by atoms with Crippen LogP contribution in [0.2, 0.25) is 0 Å². The number of nitrogens with two attached hydrogens (primary N) is 3. The van der Waals surface area contributed by atoms with E-state index in [9.17, 15) is 24.3 Å². The molecule has 1 fully saturated rings. The lowest BCUT2D eigenvalue weighted by molar-refractivity contribution is -0.142. The van der Waals surface area contributed by atoms with Gasteiger partial charge in [-0.15, -0.1) is 0 Å². The fraction of sp³-hybridized carbons (Fsp3) is 0.773. The Morgan fingerprint density at radius 2 is 1.66 bits per heavy atom. The predicted octanol–water partition coefficient (Wildman–Crippen LogP) is -1.88. The first-order valence-corrected chi connectivity index (χ1v) is 12.2. The fourth-order valence-corrected chi connectivity index (χ4v) is 3.75. The topological polar surface area (TPSA) is 227 Å². The van der Waals surface area contributed by atoms with E-state index < -0.39 is 35.9 Å². The monoisotopic (exact) mass is 498 g/mol. The average molecular weight is 499 g/mol. The number of carboxylic acid groups (broad SMARTS) is 1. The lowest BCUT2D eigenvalue weighted by atomic mass is 10.0. The Bertz CT molecular complexity index is 735. The zero-order chi connectivity index (χ0) is 26.4. The number of hydrogen-bond acceptors (Lipinski definition) is 7. The summed E-state index contributed by atoms with van der Waals surface area (Å²) in [5, 5.41) is 20.5. The molecule has 11 N–H and O–H groups in total. The first-order chi connectivity index (χ1) is 16.6. The summed E-state index contributed by atoms with van der Waals surface area (Å²) < 4.78 is 0. The minimum absolute atomic E-state index is 0.0935. The Morgan fingerprint density at radius 3 is 2.20 bits per heavy atom. The summed E-state index contributed by atoms with van der Waals surface area (Å²) in [6.07, 6.45) is 3.49. The Balaban J connectivity index is 2.91. The van der Waals surface area contributed by atoms with Gasteiger partial charge in [-0.3, -0.25) is 19.4 Å². The smallest absolute Gasteiger partial charge is 0.326 e. The summed E-state index contributed by atoms with van der Waals surface area (Å²) in [6, 6.07) is -3.36. The molecular weight excluding hydrogens is 456 g/mol. The minimum Gasteiger partial charge on any atom is -0.480 e. The van der Waals surface area contributed by atoms with E-state index in [1.165, 1.54) is 0 Å². The summed E-state index contributed by atoms with van der Waals surface area (Å²) in [7, 11) is 0. The molecule has 0 saturated carbocycles. The molecule has 0 aliphatic carbocycles. The Hall–Kier alpha value is -2.93. The molecule has 1 aliphatic heterocycles. The SMILES string of the molecule is CC(C)C(NC(=O)C1CCCN1)C(=O)NC(CCCN=C(N)N)C(=O)NC(CCCCN)C(=O)O. The first kappa shape index (κ1) is 30.1. The molecule has 1 aliphatic rings. The number of rotatable bonds is 16. The highest BCUT2D eigenvalue weighted by molar-refractivity contribution is 5.94. The van der Waals surface area contributed by atoms with Crippen LogP contribution in [0.4, 0.5) is 0 Å². The number of unbranched alkanes of at least 4 members (excludes halogenated alkanes) is 1. The van der Waals surface area contributed by atoms with Gasteiger partial charge in [0.05, 0.1) is 6.04 Å². The first-order valence-electron chi connectivity index (χ1n) is 12.2. The molecule has 0 aromatic carbocycles. The van der Waals surface area contributed by atoms with Gasteiger partial charge < -0.3 is 43.6 Å². The van der Waals surface area contributed by atoms with Gasteiger partial charge in [-0.1, -0.05) is 13.8 Å². The number of aliphatic carboxylic acids is 1. The van der Waals surface area contributed by atoms with Crippen molar-refractivity contribution in [3.63, 3.8) is 0 Å². The van der Waals surface area contributed by atoms with E-state index in [0.717, 1.165) is 13.0 Å². The molecule has 1 rings (SSSR count). The average Bonchev–Trinajstić information content (AvgIpc) is 3.33. The maximum atomic E-state index is 13.1. The van der Waals surface area contributed by atoms with E-state index >= 15 is 0 Å². The highest BCUT2D eigenvalue weighted by Gasteiger charge is 2.32. The van der Waals surface area contributed by atoms with Crippen molar-refractivity contribution in [3.8, 4) is 0 Å². The molecule has 13 heteroatoms. The molecule has 1 saturated heterocycles. The zero-order valence-electron chi connectivity index (χ0n) is 20.7. The molecule has 200 valence electrons. The van der Waals surface area contributed by atoms with E-state index in [1.54, 1.807) is 13.8 Å². The van der Waals surface area contributed by atoms with Gasteiger partial charge in [0.25, 0.3) is 0 Å². The second-order valence-electron chi connectivity index (χ2n) is 9.07. The number of guanidine groups is 1. The maximum Gasteiger partial charge on any atom is 0.326 e. The third kappa shape index (κ3) is 11.4.